The molecule has 1 rings (SSSR count). The Morgan fingerprint density at radius 3 is 2.20 bits per heavy atom. The van der Waals surface area contributed by atoms with Crippen molar-refractivity contribution in [3.8, 4) is 0 Å². The van der Waals surface area contributed by atoms with Crippen LogP contribution in [0.2, 0.25) is 0 Å². The smallest absolute Gasteiger partial charge is 0.0107 e. The zero-order valence-corrected chi connectivity index (χ0v) is 14.0. The predicted octanol–water partition coefficient (Wildman–Crippen LogP) is 5.18. The van der Waals surface area contributed by atoms with Gasteiger partial charge in [-0.3, -0.25) is 0 Å². The fraction of sp³-hybridized carbons (Fsp3) is 0.684. The minimum absolute atomic E-state index is 0.646. The molecule has 0 aliphatic rings. The highest BCUT2D eigenvalue weighted by Gasteiger charge is 2.09. The van der Waals surface area contributed by atoms with E-state index in [1.165, 1.54) is 61.6 Å². The van der Waals surface area contributed by atoms with Crippen LogP contribution in [-0.2, 0) is 6.42 Å². The second kappa shape index (κ2) is 9.99. The fourth-order valence-electron chi connectivity index (χ4n) is 2.91. The van der Waals surface area contributed by atoms with Gasteiger partial charge in [-0.15, -0.1) is 0 Å². The van der Waals surface area contributed by atoms with E-state index in [1.807, 2.05) is 0 Å². The zero-order valence-electron chi connectivity index (χ0n) is 14.0. The molecule has 1 N–H and O–H groups in total. The lowest BCUT2D eigenvalue weighted by atomic mass is 9.97. The number of hydrogen-bond acceptors (Lipinski definition) is 1. The van der Waals surface area contributed by atoms with Crippen molar-refractivity contribution in [3.63, 3.8) is 0 Å². The summed E-state index contributed by atoms with van der Waals surface area (Å²) in [4.78, 5) is 0. The molecule has 0 heterocycles. The molecule has 1 nitrogen and oxygen atoms in total. The minimum atomic E-state index is 0.646. The number of aryl methyl sites for hydroxylation is 2. The van der Waals surface area contributed by atoms with Gasteiger partial charge in [-0.25, -0.2) is 0 Å². The fourth-order valence-corrected chi connectivity index (χ4v) is 2.91. The molecule has 0 aliphatic heterocycles. The maximum absolute atomic E-state index is 3.73. The van der Waals surface area contributed by atoms with Gasteiger partial charge in [-0.2, -0.15) is 0 Å². The molecule has 0 saturated carbocycles. The number of rotatable bonds is 10. The average molecular weight is 275 g/mol. The Kier molecular flexibility index (Phi) is 8.60. The third-order valence-corrected chi connectivity index (χ3v) is 3.85. The molecule has 0 bridgehead atoms. The van der Waals surface area contributed by atoms with Crippen molar-refractivity contribution >= 4 is 0 Å². The molecule has 1 heteroatoms. The van der Waals surface area contributed by atoms with Gasteiger partial charge in [0.1, 0.15) is 0 Å². The highest BCUT2D eigenvalue weighted by atomic mass is 14.9. The van der Waals surface area contributed by atoms with E-state index in [1.54, 1.807) is 0 Å². The second-order valence-corrected chi connectivity index (χ2v) is 6.20. The van der Waals surface area contributed by atoms with Crippen LogP contribution in [0.4, 0.5) is 0 Å². The van der Waals surface area contributed by atoms with Crippen LogP contribution in [0, 0.1) is 13.8 Å². The molecule has 1 atom stereocenters. The van der Waals surface area contributed by atoms with E-state index in [2.05, 4.69) is 51.2 Å². The molecule has 0 aliphatic carbocycles. The van der Waals surface area contributed by atoms with Gasteiger partial charge in [0.15, 0.2) is 0 Å². The van der Waals surface area contributed by atoms with E-state index in [0.717, 1.165) is 6.54 Å². The normalized spacial score (nSPS) is 12.6. The monoisotopic (exact) mass is 275 g/mol. The highest BCUT2D eigenvalue weighted by Crippen LogP contribution is 2.14. The summed E-state index contributed by atoms with van der Waals surface area (Å²) in [6, 6.07) is 7.60. The first kappa shape index (κ1) is 17.2. The summed E-state index contributed by atoms with van der Waals surface area (Å²) in [6.07, 6.45) is 9.15. The lowest BCUT2D eigenvalue weighted by Crippen LogP contribution is -2.31. The first-order valence-electron chi connectivity index (χ1n) is 8.46. The molecule has 1 unspecified atom stereocenters. The first-order valence-corrected chi connectivity index (χ1v) is 8.46. The summed E-state index contributed by atoms with van der Waals surface area (Å²) >= 11 is 0. The van der Waals surface area contributed by atoms with E-state index >= 15 is 0 Å². The molecular formula is C19H33N. The third kappa shape index (κ3) is 7.09. The number of nitrogens with one attached hydrogen (secondary N) is 1. The third-order valence-electron chi connectivity index (χ3n) is 3.85. The molecule has 0 aromatic heterocycles. The number of hydrogen-bond donors (Lipinski definition) is 1. The van der Waals surface area contributed by atoms with Gasteiger partial charge in [-0.1, -0.05) is 68.9 Å². The Bertz CT molecular complexity index is 350. The Labute approximate surface area is 126 Å². The van der Waals surface area contributed by atoms with Crippen LogP contribution >= 0.6 is 0 Å². The second-order valence-electron chi connectivity index (χ2n) is 6.20. The predicted molar refractivity (Wildman–Crippen MR) is 90.5 cm³/mol. The summed E-state index contributed by atoms with van der Waals surface area (Å²) in [6.45, 7) is 10.1. The lowest BCUT2D eigenvalue weighted by molar-refractivity contribution is 0.453. The largest absolute Gasteiger partial charge is 0.314 e. The molecule has 20 heavy (non-hydrogen) atoms. The minimum Gasteiger partial charge on any atom is -0.314 e. The molecule has 0 saturated heterocycles. The van der Waals surface area contributed by atoms with E-state index < -0.39 is 0 Å². The summed E-state index contributed by atoms with van der Waals surface area (Å²) < 4.78 is 0. The van der Waals surface area contributed by atoms with E-state index in [0.29, 0.717) is 6.04 Å². The van der Waals surface area contributed by atoms with E-state index in [4.69, 9.17) is 0 Å². The van der Waals surface area contributed by atoms with Crippen molar-refractivity contribution in [2.45, 2.75) is 78.7 Å². The molecule has 0 spiro atoms. The summed E-state index contributed by atoms with van der Waals surface area (Å²) in [7, 11) is 0. The molecule has 1 aromatic rings. The van der Waals surface area contributed by atoms with E-state index in [-0.39, 0.29) is 0 Å². The number of unbranched alkanes of at least 4 members (excludes halogenated alkanes) is 3. The maximum atomic E-state index is 3.73. The van der Waals surface area contributed by atoms with Crippen LogP contribution in [0.25, 0.3) is 0 Å². The standard InChI is InChI=1S/C19H33N/c1-5-7-8-9-10-19(20-11-6-2)15-18-13-16(3)12-17(4)14-18/h12-14,19-20H,5-11,15H2,1-4H3. The van der Waals surface area contributed by atoms with Crippen LogP contribution in [0.15, 0.2) is 18.2 Å². The van der Waals surface area contributed by atoms with Crippen molar-refractivity contribution in [3.05, 3.63) is 34.9 Å². The Morgan fingerprint density at radius 1 is 0.900 bits per heavy atom. The molecule has 0 amide bonds. The average Bonchev–Trinajstić information content (AvgIpc) is 2.39. The summed E-state index contributed by atoms with van der Waals surface area (Å²) in [5.41, 5.74) is 4.27. The molecule has 1 aromatic carbocycles. The van der Waals surface area contributed by atoms with Gasteiger partial charge in [-0.05, 0) is 45.2 Å². The molecular weight excluding hydrogens is 242 g/mol. The van der Waals surface area contributed by atoms with Crippen LogP contribution in [0.1, 0.15) is 69.1 Å². The van der Waals surface area contributed by atoms with E-state index in [9.17, 15) is 0 Å². The van der Waals surface area contributed by atoms with Gasteiger partial charge in [0.05, 0.1) is 0 Å². The molecule has 114 valence electrons. The van der Waals surface area contributed by atoms with Gasteiger partial charge in [0.2, 0.25) is 0 Å². The summed E-state index contributed by atoms with van der Waals surface area (Å²) in [5.74, 6) is 0. The van der Waals surface area contributed by atoms with Crippen molar-refractivity contribution < 1.29 is 0 Å². The van der Waals surface area contributed by atoms with Gasteiger partial charge in [0.25, 0.3) is 0 Å². The van der Waals surface area contributed by atoms with Gasteiger partial charge in [0, 0.05) is 6.04 Å². The lowest BCUT2D eigenvalue weighted by Gasteiger charge is -2.19. The maximum Gasteiger partial charge on any atom is 0.0107 e. The Balaban J connectivity index is 2.53. The topological polar surface area (TPSA) is 12.0 Å². The van der Waals surface area contributed by atoms with Crippen molar-refractivity contribution in [1.29, 1.82) is 0 Å². The van der Waals surface area contributed by atoms with Crippen LogP contribution < -0.4 is 5.32 Å². The van der Waals surface area contributed by atoms with Crippen molar-refractivity contribution in [2.24, 2.45) is 0 Å². The van der Waals surface area contributed by atoms with Crippen molar-refractivity contribution in [2.75, 3.05) is 6.54 Å². The Hall–Kier alpha value is -0.820. The zero-order chi connectivity index (χ0) is 14.8. The van der Waals surface area contributed by atoms with Gasteiger partial charge < -0.3 is 5.32 Å². The van der Waals surface area contributed by atoms with Crippen LogP contribution in [0.5, 0.6) is 0 Å². The van der Waals surface area contributed by atoms with Crippen molar-refractivity contribution in [1.82, 2.24) is 5.32 Å². The first-order chi connectivity index (χ1) is 9.65. The summed E-state index contributed by atoms with van der Waals surface area (Å²) in [5, 5.41) is 3.73. The number of benzene rings is 1. The van der Waals surface area contributed by atoms with Crippen LogP contribution in [-0.4, -0.2) is 12.6 Å². The van der Waals surface area contributed by atoms with Crippen LogP contribution in [0.3, 0.4) is 0 Å². The SMILES string of the molecule is CCCCCCC(Cc1cc(C)cc(C)c1)NCCC. The Morgan fingerprint density at radius 2 is 1.60 bits per heavy atom. The highest BCUT2D eigenvalue weighted by molar-refractivity contribution is 5.29. The van der Waals surface area contributed by atoms with Gasteiger partial charge >= 0.3 is 0 Å². The molecule has 0 fully saturated rings. The quantitative estimate of drug-likeness (QED) is 0.580. The molecule has 0 radical (unpaired) electrons.